The van der Waals surface area contributed by atoms with E-state index >= 15 is 0 Å². The van der Waals surface area contributed by atoms with Gasteiger partial charge in [0.25, 0.3) is 0 Å². The lowest BCUT2D eigenvalue weighted by atomic mass is 9.78. The van der Waals surface area contributed by atoms with E-state index in [2.05, 4.69) is 10.6 Å². The molecule has 44 heavy (non-hydrogen) atoms. The van der Waals surface area contributed by atoms with E-state index < -0.39 is 57.2 Å². The van der Waals surface area contributed by atoms with Crippen LogP contribution in [0.2, 0.25) is 0 Å². The lowest BCUT2D eigenvalue weighted by molar-refractivity contribution is -0.115. The molecule has 0 bridgehead atoms. The number of amides is 2. The highest BCUT2D eigenvalue weighted by molar-refractivity contribution is 6.52. The summed E-state index contributed by atoms with van der Waals surface area (Å²) >= 11 is 0. The van der Waals surface area contributed by atoms with Crippen molar-refractivity contribution in [1.29, 1.82) is 0 Å². The number of hydrogen-bond donors (Lipinski definition) is 8. The number of phenols is 6. The topological polar surface area (TPSA) is 214 Å². The maximum Gasteiger partial charge on any atom is 0.221 e. The average Bonchev–Trinajstić information content (AvgIpc) is 2.91. The van der Waals surface area contributed by atoms with E-state index in [0.29, 0.717) is 0 Å². The van der Waals surface area contributed by atoms with Gasteiger partial charge in [-0.05, 0) is 0 Å². The van der Waals surface area contributed by atoms with Crippen LogP contribution in [0.4, 0.5) is 11.4 Å². The zero-order valence-electron chi connectivity index (χ0n) is 22.6. The number of benzene rings is 8. The first-order valence-electron chi connectivity index (χ1n) is 13.2. The molecule has 12 heteroatoms. The van der Waals surface area contributed by atoms with Crippen LogP contribution in [0.1, 0.15) is 13.8 Å². The molecule has 0 aliphatic heterocycles. The highest BCUT2D eigenvalue weighted by Crippen LogP contribution is 2.58. The number of nitrogens with one attached hydrogen (secondary N) is 2. The van der Waals surface area contributed by atoms with Crippen molar-refractivity contribution >= 4 is 98.6 Å². The van der Waals surface area contributed by atoms with Crippen molar-refractivity contribution in [2.45, 2.75) is 13.8 Å². The third-order valence-corrected chi connectivity index (χ3v) is 8.46. The van der Waals surface area contributed by atoms with Crippen LogP contribution in [-0.4, -0.2) is 42.5 Å². The summed E-state index contributed by atoms with van der Waals surface area (Å²) in [4.78, 5) is 53.1. The smallest absolute Gasteiger partial charge is 0.221 e. The summed E-state index contributed by atoms with van der Waals surface area (Å²) in [6.45, 7) is 2.43. The molecule has 0 spiro atoms. The predicted molar refractivity (Wildman–Crippen MR) is 165 cm³/mol. The molecule has 0 radical (unpaired) electrons. The second kappa shape index (κ2) is 7.75. The van der Waals surface area contributed by atoms with Crippen LogP contribution in [0.25, 0.3) is 75.4 Å². The maximum atomic E-state index is 14.1. The summed E-state index contributed by atoms with van der Waals surface area (Å²) in [5, 5.41) is 71.1. The second-order valence-corrected chi connectivity index (χ2v) is 11.0. The van der Waals surface area contributed by atoms with Gasteiger partial charge in [0.15, 0.2) is 0 Å². The van der Waals surface area contributed by atoms with E-state index in [-0.39, 0.29) is 86.8 Å². The predicted octanol–water partition coefficient (Wildman–Crippen LogP) is 4.38. The first-order chi connectivity index (χ1) is 20.8. The Balaban J connectivity index is 1.95. The van der Waals surface area contributed by atoms with E-state index in [1.807, 2.05) is 0 Å². The molecule has 0 saturated carbocycles. The van der Waals surface area contributed by atoms with Crippen LogP contribution in [0.5, 0.6) is 34.5 Å². The van der Waals surface area contributed by atoms with Gasteiger partial charge >= 0.3 is 0 Å². The summed E-state index contributed by atoms with van der Waals surface area (Å²) in [7, 11) is 0. The van der Waals surface area contributed by atoms with Gasteiger partial charge in [-0.3, -0.25) is 19.2 Å². The zero-order valence-corrected chi connectivity index (χ0v) is 22.6. The monoisotopic (exact) mass is 590 g/mol. The largest absolute Gasteiger partial charge is 0.507 e. The normalized spacial score (nSPS) is 12.3. The standard InChI is InChI=1S/C32H18N2O10/c1-7(35)33-9-3-11(37)21-25-17(9)18-10(34-8(2)36)4-12(38)22-26(18)30-28-20(14(40)6-16(42)24(28)32(22)44)19-13(39)5-15(41)23(31(21)43)27(19)29(25)30/h3-6,37-42H,1-2H3,(H,33,35)(H,34,36). The summed E-state index contributed by atoms with van der Waals surface area (Å²) in [6, 6.07) is 4.06. The molecule has 216 valence electrons. The van der Waals surface area contributed by atoms with Gasteiger partial charge in [0.1, 0.15) is 34.5 Å². The van der Waals surface area contributed by atoms with E-state index in [0.717, 1.165) is 24.3 Å². The van der Waals surface area contributed by atoms with Crippen LogP contribution in [0, 0.1) is 0 Å². The minimum atomic E-state index is -0.844. The molecular weight excluding hydrogens is 572 g/mol. The van der Waals surface area contributed by atoms with Crippen LogP contribution in [-0.2, 0) is 9.59 Å². The van der Waals surface area contributed by atoms with E-state index in [4.69, 9.17) is 0 Å². The van der Waals surface area contributed by atoms with Crippen molar-refractivity contribution < 1.29 is 40.2 Å². The Bertz CT molecular complexity index is 2580. The van der Waals surface area contributed by atoms with Crippen molar-refractivity contribution in [1.82, 2.24) is 0 Å². The molecule has 2 amide bonds. The molecule has 8 N–H and O–H groups in total. The first-order valence-corrected chi connectivity index (χ1v) is 13.2. The Morgan fingerprint density at radius 1 is 0.409 bits per heavy atom. The van der Waals surface area contributed by atoms with Crippen molar-refractivity contribution in [2.75, 3.05) is 10.6 Å². The number of hydrogen-bond acceptors (Lipinski definition) is 10. The number of fused-ring (bicyclic) bond motifs is 2. The summed E-state index contributed by atoms with van der Waals surface area (Å²) in [5.74, 6) is -4.64. The second-order valence-electron chi connectivity index (χ2n) is 11.0. The first kappa shape index (κ1) is 25.4. The number of anilines is 2. The van der Waals surface area contributed by atoms with Crippen LogP contribution in [0.15, 0.2) is 33.9 Å². The van der Waals surface area contributed by atoms with Crippen LogP contribution < -0.4 is 21.5 Å². The van der Waals surface area contributed by atoms with Gasteiger partial charge in [-0.15, -0.1) is 0 Å². The lowest BCUT2D eigenvalue weighted by Crippen LogP contribution is -2.13. The molecular formula is C32H18N2O10. The van der Waals surface area contributed by atoms with Gasteiger partial charge in [-0.1, -0.05) is 0 Å². The molecule has 8 rings (SSSR count). The average molecular weight is 591 g/mol. The summed E-state index contributed by atoms with van der Waals surface area (Å²) < 4.78 is 0. The van der Waals surface area contributed by atoms with Crippen molar-refractivity contribution in [3.05, 3.63) is 44.7 Å². The molecule has 0 unspecified atom stereocenters. The minimum Gasteiger partial charge on any atom is -0.507 e. The molecule has 0 heterocycles. The fraction of sp³-hybridized carbons (Fsp3) is 0.0625. The molecule has 0 atom stereocenters. The molecule has 0 saturated heterocycles. The van der Waals surface area contributed by atoms with Crippen molar-refractivity contribution in [3.63, 3.8) is 0 Å². The molecule has 0 fully saturated rings. The Kier molecular flexibility index (Phi) is 4.47. The zero-order chi connectivity index (χ0) is 31.3. The number of rotatable bonds is 2. The summed E-state index contributed by atoms with van der Waals surface area (Å²) in [5.41, 5.74) is -1.71. The number of aromatic hydroxyl groups is 6. The van der Waals surface area contributed by atoms with Gasteiger partial charge < -0.3 is 41.3 Å². The highest BCUT2D eigenvalue weighted by Gasteiger charge is 2.34. The summed E-state index contributed by atoms with van der Waals surface area (Å²) in [6.07, 6.45) is 0. The molecule has 12 nitrogen and oxygen atoms in total. The maximum absolute atomic E-state index is 14.1. The van der Waals surface area contributed by atoms with Gasteiger partial charge in [-0.2, -0.15) is 0 Å². The molecule has 8 aromatic rings. The Morgan fingerprint density at radius 2 is 0.659 bits per heavy atom. The molecule has 0 aliphatic rings. The third-order valence-electron chi connectivity index (χ3n) is 8.46. The van der Waals surface area contributed by atoms with Crippen LogP contribution >= 0.6 is 0 Å². The lowest BCUT2D eigenvalue weighted by Gasteiger charge is -2.25. The molecule has 0 aromatic heterocycles. The number of carbonyl (C=O) groups excluding carboxylic acids is 2. The quantitative estimate of drug-likeness (QED) is 0.105. The number of carbonyl (C=O) groups is 2. The van der Waals surface area contributed by atoms with Gasteiger partial charge in [0, 0.05) is 92.0 Å². The SMILES string of the molecule is CC(=O)Nc1cc(O)c2c(=O)c3c(O)cc(O)c4c5c(O)cc(O)c6c(=O)c7c(O)cc(NC(C)=O)c8c1c2c(c34)c(c65)c78. The molecule has 0 aliphatic carbocycles. The van der Waals surface area contributed by atoms with E-state index in [9.17, 15) is 49.8 Å². The fourth-order valence-electron chi connectivity index (χ4n) is 7.17. The fourth-order valence-corrected chi connectivity index (χ4v) is 7.17. The Labute approximate surface area is 242 Å². The van der Waals surface area contributed by atoms with Crippen LogP contribution in [0.3, 0.4) is 0 Å². The van der Waals surface area contributed by atoms with Gasteiger partial charge in [0.05, 0.1) is 32.9 Å². The van der Waals surface area contributed by atoms with Crippen molar-refractivity contribution in [3.8, 4) is 34.5 Å². The van der Waals surface area contributed by atoms with Gasteiger partial charge in [-0.25, -0.2) is 0 Å². The highest BCUT2D eigenvalue weighted by atomic mass is 16.3. The molecule has 8 aromatic carbocycles. The van der Waals surface area contributed by atoms with Crippen molar-refractivity contribution in [2.24, 2.45) is 0 Å². The van der Waals surface area contributed by atoms with E-state index in [1.165, 1.54) is 13.8 Å². The Hall–Kier alpha value is -6.30. The Morgan fingerprint density at radius 3 is 0.977 bits per heavy atom. The van der Waals surface area contributed by atoms with Gasteiger partial charge in [0.2, 0.25) is 22.7 Å². The number of phenolic OH excluding ortho intramolecular Hbond substituents is 6. The minimum absolute atomic E-state index is 0.00948. The third kappa shape index (κ3) is 2.72. The van der Waals surface area contributed by atoms with E-state index in [1.54, 1.807) is 0 Å².